The lowest BCUT2D eigenvalue weighted by atomic mass is 10.2. The molecule has 1 N–H and O–H groups in total. The SMILES string of the molecule is CCOC(=O)c1ccc(NC(=O)Cn2c(C)nc3c(sc4ncccc43)c2=O)cc1. The summed E-state index contributed by atoms with van der Waals surface area (Å²) >= 11 is 1.27. The van der Waals surface area contributed by atoms with Gasteiger partial charge in [-0.1, -0.05) is 0 Å². The van der Waals surface area contributed by atoms with Gasteiger partial charge in [0.25, 0.3) is 5.56 Å². The minimum Gasteiger partial charge on any atom is -0.462 e. The van der Waals surface area contributed by atoms with E-state index in [1.807, 2.05) is 6.07 Å². The number of carbonyl (C=O) groups excluding carboxylic acids is 2. The normalized spacial score (nSPS) is 11.0. The van der Waals surface area contributed by atoms with E-state index in [-0.39, 0.29) is 18.0 Å². The largest absolute Gasteiger partial charge is 0.462 e. The molecule has 1 aromatic carbocycles. The number of amides is 1. The number of carbonyl (C=O) groups is 2. The van der Waals surface area contributed by atoms with E-state index in [2.05, 4.69) is 15.3 Å². The summed E-state index contributed by atoms with van der Waals surface area (Å²) in [5, 5.41) is 3.56. The van der Waals surface area contributed by atoms with E-state index in [4.69, 9.17) is 4.74 Å². The minimum atomic E-state index is -0.422. The Morgan fingerprint density at radius 1 is 1.20 bits per heavy atom. The molecule has 0 spiro atoms. The molecule has 3 heterocycles. The number of ether oxygens (including phenoxy) is 1. The highest BCUT2D eigenvalue weighted by Gasteiger charge is 2.16. The Kier molecular flexibility index (Phi) is 5.28. The topological polar surface area (TPSA) is 103 Å². The molecule has 3 aromatic heterocycles. The van der Waals surface area contributed by atoms with E-state index in [9.17, 15) is 14.4 Å². The molecule has 30 heavy (non-hydrogen) atoms. The second-order valence-corrected chi connectivity index (χ2v) is 7.53. The van der Waals surface area contributed by atoms with Crippen molar-refractivity contribution in [3.8, 4) is 0 Å². The fourth-order valence-electron chi connectivity index (χ4n) is 3.10. The molecule has 0 aliphatic carbocycles. The number of aromatic nitrogens is 3. The number of nitrogens with one attached hydrogen (secondary N) is 1. The summed E-state index contributed by atoms with van der Waals surface area (Å²) in [6, 6.07) is 10.0. The molecule has 0 radical (unpaired) electrons. The van der Waals surface area contributed by atoms with Crippen molar-refractivity contribution >= 4 is 49.3 Å². The van der Waals surface area contributed by atoms with Crippen molar-refractivity contribution < 1.29 is 14.3 Å². The molecule has 152 valence electrons. The molecular weight excluding hydrogens is 404 g/mol. The predicted octanol–water partition coefficient (Wildman–Crippen LogP) is 3.13. The molecule has 4 rings (SSSR count). The van der Waals surface area contributed by atoms with Gasteiger partial charge in [0.2, 0.25) is 5.91 Å². The summed E-state index contributed by atoms with van der Waals surface area (Å²) in [7, 11) is 0. The predicted molar refractivity (Wildman–Crippen MR) is 115 cm³/mol. The van der Waals surface area contributed by atoms with Crippen molar-refractivity contribution in [1.82, 2.24) is 14.5 Å². The van der Waals surface area contributed by atoms with Gasteiger partial charge >= 0.3 is 5.97 Å². The standard InChI is InChI=1S/C21H18N4O4S/c1-3-29-21(28)13-6-8-14(9-7-13)24-16(26)11-25-12(2)23-17-15-5-4-10-22-19(15)30-18(17)20(25)27/h4-10H,3,11H2,1-2H3,(H,24,26). The first kappa shape index (κ1) is 19.7. The maximum absolute atomic E-state index is 13.0. The maximum atomic E-state index is 13.0. The van der Waals surface area contributed by atoms with Crippen LogP contribution >= 0.6 is 11.3 Å². The summed E-state index contributed by atoms with van der Waals surface area (Å²) in [4.78, 5) is 46.7. The Labute approximate surface area is 175 Å². The van der Waals surface area contributed by atoms with E-state index in [1.165, 1.54) is 15.9 Å². The van der Waals surface area contributed by atoms with Crippen LogP contribution in [0.15, 0.2) is 47.4 Å². The first-order valence-corrected chi connectivity index (χ1v) is 10.1. The van der Waals surface area contributed by atoms with Crippen LogP contribution in [0.2, 0.25) is 0 Å². The molecule has 0 fully saturated rings. The van der Waals surface area contributed by atoms with Gasteiger partial charge in [-0.25, -0.2) is 14.8 Å². The number of thiophene rings is 1. The van der Waals surface area contributed by atoms with Crippen LogP contribution in [0.5, 0.6) is 0 Å². The molecule has 1 amide bonds. The maximum Gasteiger partial charge on any atom is 0.338 e. The van der Waals surface area contributed by atoms with Gasteiger partial charge in [0.1, 0.15) is 21.9 Å². The van der Waals surface area contributed by atoms with Crippen molar-refractivity contribution in [2.75, 3.05) is 11.9 Å². The molecule has 0 saturated heterocycles. The molecular formula is C21H18N4O4S. The number of pyridine rings is 1. The summed E-state index contributed by atoms with van der Waals surface area (Å²) in [5.74, 6) is -0.344. The van der Waals surface area contributed by atoms with Gasteiger partial charge in [-0.15, -0.1) is 11.3 Å². The summed E-state index contributed by atoms with van der Waals surface area (Å²) in [6.07, 6.45) is 1.67. The highest BCUT2D eigenvalue weighted by molar-refractivity contribution is 7.25. The van der Waals surface area contributed by atoms with Gasteiger partial charge in [0.15, 0.2) is 0 Å². The smallest absolute Gasteiger partial charge is 0.338 e. The average Bonchev–Trinajstić information content (AvgIpc) is 3.10. The Morgan fingerprint density at radius 3 is 2.70 bits per heavy atom. The third-order valence-corrected chi connectivity index (χ3v) is 5.62. The zero-order valence-electron chi connectivity index (χ0n) is 16.3. The Bertz CT molecular complexity index is 1320. The number of hydrogen-bond acceptors (Lipinski definition) is 7. The Balaban J connectivity index is 1.56. The van der Waals surface area contributed by atoms with Crippen LogP contribution in [0.3, 0.4) is 0 Å². The molecule has 4 aromatic rings. The van der Waals surface area contributed by atoms with Crippen molar-refractivity contribution in [1.29, 1.82) is 0 Å². The number of hydrogen-bond donors (Lipinski definition) is 1. The number of benzene rings is 1. The third kappa shape index (κ3) is 3.67. The number of nitrogens with zero attached hydrogens (tertiary/aromatic N) is 3. The highest BCUT2D eigenvalue weighted by Crippen LogP contribution is 2.28. The number of anilines is 1. The first-order valence-electron chi connectivity index (χ1n) is 9.29. The van der Waals surface area contributed by atoms with Crippen LogP contribution in [-0.4, -0.2) is 33.0 Å². The van der Waals surface area contributed by atoms with E-state index < -0.39 is 5.97 Å². The van der Waals surface area contributed by atoms with Crippen molar-refractivity contribution in [2.45, 2.75) is 20.4 Å². The molecule has 0 bridgehead atoms. The van der Waals surface area contributed by atoms with Crippen LogP contribution in [-0.2, 0) is 16.1 Å². The van der Waals surface area contributed by atoms with Crippen LogP contribution < -0.4 is 10.9 Å². The number of rotatable bonds is 5. The zero-order chi connectivity index (χ0) is 21.3. The number of fused-ring (bicyclic) bond motifs is 3. The Hall–Kier alpha value is -3.59. The molecule has 0 saturated carbocycles. The number of aryl methyl sites for hydroxylation is 1. The van der Waals surface area contributed by atoms with Gasteiger partial charge in [-0.3, -0.25) is 14.2 Å². The summed E-state index contributed by atoms with van der Waals surface area (Å²) < 4.78 is 6.76. The average molecular weight is 422 g/mol. The van der Waals surface area contributed by atoms with Crippen LogP contribution in [0, 0.1) is 6.92 Å². The fraction of sp³-hybridized carbons (Fsp3) is 0.190. The fourth-order valence-corrected chi connectivity index (χ4v) is 4.13. The van der Waals surface area contributed by atoms with Crippen molar-refractivity contribution in [3.63, 3.8) is 0 Å². The summed E-state index contributed by atoms with van der Waals surface area (Å²) in [5.41, 5.74) is 1.25. The van der Waals surface area contributed by atoms with Crippen LogP contribution in [0.4, 0.5) is 5.69 Å². The number of esters is 1. The third-order valence-electron chi connectivity index (χ3n) is 4.53. The minimum absolute atomic E-state index is 0.172. The van der Waals surface area contributed by atoms with Gasteiger partial charge in [-0.05, 0) is 50.2 Å². The lowest BCUT2D eigenvalue weighted by molar-refractivity contribution is -0.116. The van der Waals surface area contributed by atoms with Gasteiger partial charge < -0.3 is 10.1 Å². The van der Waals surface area contributed by atoms with Crippen LogP contribution in [0.1, 0.15) is 23.1 Å². The molecule has 9 heteroatoms. The lowest BCUT2D eigenvalue weighted by Gasteiger charge is -2.10. The van der Waals surface area contributed by atoms with Crippen LogP contribution in [0.25, 0.3) is 20.4 Å². The van der Waals surface area contributed by atoms with Crippen molar-refractivity contribution in [2.24, 2.45) is 0 Å². The second-order valence-electron chi connectivity index (χ2n) is 6.53. The molecule has 0 aliphatic rings. The van der Waals surface area contributed by atoms with E-state index >= 15 is 0 Å². The van der Waals surface area contributed by atoms with Crippen molar-refractivity contribution in [3.05, 3.63) is 64.3 Å². The zero-order valence-corrected chi connectivity index (χ0v) is 17.2. The highest BCUT2D eigenvalue weighted by atomic mass is 32.1. The van der Waals surface area contributed by atoms with E-state index in [0.717, 1.165) is 10.2 Å². The molecule has 8 nitrogen and oxygen atoms in total. The van der Waals surface area contributed by atoms with E-state index in [0.29, 0.717) is 33.9 Å². The first-order chi connectivity index (χ1) is 14.5. The van der Waals surface area contributed by atoms with Gasteiger partial charge in [0.05, 0.1) is 17.7 Å². The monoisotopic (exact) mass is 422 g/mol. The van der Waals surface area contributed by atoms with Gasteiger partial charge in [-0.2, -0.15) is 0 Å². The Morgan fingerprint density at radius 2 is 1.97 bits per heavy atom. The van der Waals surface area contributed by atoms with Gasteiger partial charge in [0, 0.05) is 17.3 Å². The summed E-state index contributed by atoms with van der Waals surface area (Å²) in [6.45, 7) is 3.55. The molecule has 0 aliphatic heterocycles. The molecule has 0 unspecified atom stereocenters. The second kappa shape index (κ2) is 8.03. The lowest BCUT2D eigenvalue weighted by Crippen LogP contribution is -2.29. The molecule has 0 atom stereocenters. The van der Waals surface area contributed by atoms with E-state index in [1.54, 1.807) is 50.4 Å². The quantitative estimate of drug-likeness (QED) is 0.496.